The van der Waals surface area contributed by atoms with Crippen LogP contribution in [0.1, 0.15) is 13.8 Å². The maximum Gasteiger partial charge on any atom is 0.320 e. The first-order valence-electron chi connectivity index (χ1n) is 6.72. The number of amides is 2. The minimum atomic E-state index is 0.279. The number of hydrogen-bond acceptors (Lipinski definition) is 2. The number of urea groups is 1. The Hall–Kier alpha value is -0.770. The van der Waals surface area contributed by atoms with Crippen molar-refractivity contribution >= 4 is 6.03 Å². The van der Waals surface area contributed by atoms with Gasteiger partial charge in [0.25, 0.3) is 0 Å². The lowest BCUT2D eigenvalue weighted by Gasteiger charge is -2.35. The number of carbonyl (C=O) groups is 1. The van der Waals surface area contributed by atoms with Crippen LogP contribution in [0.2, 0.25) is 0 Å². The van der Waals surface area contributed by atoms with Crippen LogP contribution in [0.25, 0.3) is 0 Å². The predicted octanol–water partition coefficient (Wildman–Crippen LogP) is 0.942. The van der Waals surface area contributed by atoms with Crippen molar-refractivity contribution in [2.45, 2.75) is 13.8 Å². The van der Waals surface area contributed by atoms with Crippen LogP contribution >= 0.6 is 0 Å². The van der Waals surface area contributed by atoms with E-state index in [9.17, 15) is 4.79 Å². The van der Waals surface area contributed by atoms with Crippen molar-refractivity contribution in [3.8, 4) is 0 Å². The Labute approximate surface area is 104 Å². The van der Waals surface area contributed by atoms with E-state index in [4.69, 9.17) is 0 Å². The molecule has 0 radical (unpaired) electrons. The zero-order valence-corrected chi connectivity index (χ0v) is 11.1. The van der Waals surface area contributed by atoms with E-state index in [1.54, 1.807) is 0 Å². The highest BCUT2D eigenvalue weighted by Gasteiger charge is 2.62. The van der Waals surface area contributed by atoms with Gasteiger partial charge in [-0.05, 0) is 24.3 Å². The number of piperazine rings is 1. The number of likely N-dealkylation sites (tertiary alicyclic amines) is 1. The molecule has 3 aliphatic rings. The van der Waals surface area contributed by atoms with Crippen LogP contribution in [0.15, 0.2) is 0 Å². The zero-order valence-electron chi connectivity index (χ0n) is 11.1. The summed E-state index contributed by atoms with van der Waals surface area (Å²) in [4.78, 5) is 18.7. The van der Waals surface area contributed by atoms with Crippen molar-refractivity contribution in [2.24, 2.45) is 17.3 Å². The molecule has 0 aromatic rings. The van der Waals surface area contributed by atoms with Crippen molar-refractivity contribution in [3.05, 3.63) is 0 Å². The van der Waals surface area contributed by atoms with Gasteiger partial charge in [0.05, 0.1) is 0 Å². The third-order valence-corrected chi connectivity index (χ3v) is 5.17. The van der Waals surface area contributed by atoms with Gasteiger partial charge in [-0.1, -0.05) is 13.8 Å². The number of hydrogen-bond donors (Lipinski definition) is 0. The second-order valence-electron chi connectivity index (χ2n) is 6.51. The van der Waals surface area contributed by atoms with Crippen LogP contribution in [0.3, 0.4) is 0 Å². The molecule has 0 N–H and O–H groups in total. The van der Waals surface area contributed by atoms with Gasteiger partial charge in [0.15, 0.2) is 0 Å². The predicted molar refractivity (Wildman–Crippen MR) is 66.8 cm³/mol. The highest BCUT2D eigenvalue weighted by atomic mass is 16.2. The number of rotatable bonds is 0. The van der Waals surface area contributed by atoms with Gasteiger partial charge >= 0.3 is 6.03 Å². The van der Waals surface area contributed by atoms with Gasteiger partial charge in [-0.3, -0.25) is 0 Å². The van der Waals surface area contributed by atoms with E-state index < -0.39 is 0 Å². The van der Waals surface area contributed by atoms with Crippen molar-refractivity contribution in [3.63, 3.8) is 0 Å². The lowest BCUT2D eigenvalue weighted by atomic mass is 10.1. The van der Waals surface area contributed by atoms with Gasteiger partial charge in [0, 0.05) is 39.3 Å². The van der Waals surface area contributed by atoms with Crippen LogP contribution in [-0.4, -0.2) is 67.0 Å². The van der Waals surface area contributed by atoms with Crippen molar-refractivity contribution < 1.29 is 4.79 Å². The van der Waals surface area contributed by atoms with Crippen molar-refractivity contribution in [2.75, 3.05) is 46.3 Å². The number of carbonyl (C=O) groups excluding carboxylic acids is 1. The standard InChI is InChI=1S/C13H23N3O/c1-13(2)10-8-16(9-11(10)13)12(17)15-6-4-14(3)5-7-15/h10-11H,4-9H2,1-3H3. The molecule has 2 atom stereocenters. The fraction of sp³-hybridized carbons (Fsp3) is 0.923. The Bertz CT molecular complexity index is 320. The molecule has 2 heterocycles. The van der Waals surface area contributed by atoms with Crippen molar-refractivity contribution in [1.29, 1.82) is 0 Å². The summed E-state index contributed by atoms with van der Waals surface area (Å²) in [7, 11) is 2.12. The average molecular weight is 237 g/mol. The number of likely N-dealkylation sites (N-methyl/N-ethyl adjacent to an activating group) is 1. The van der Waals surface area contributed by atoms with E-state index in [1.165, 1.54) is 0 Å². The van der Waals surface area contributed by atoms with Crippen LogP contribution in [0.5, 0.6) is 0 Å². The maximum absolute atomic E-state index is 12.3. The molecule has 2 saturated heterocycles. The first-order valence-corrected chi connectivity index (χ1v) is 6.72. The molecule has 1 saturated carbocycles. The zero-order chi connectivity index (χ0) is 12.2. The highest BCUT2D eigenvalue weighted by Crippen LogP contribution is 2.61. The number of piperidine rings is 1. The fourth-order valence-electron chi connectivity index (χ4n) is 3.49. The van der Waals surface area contributed by atoms with E-state index in [1.807, 2.05) is 4.90 Å². The second kappa shape index (κ2) is 3.61. The summed E-state index contributed by atoms with van der Waals surface area (Å²) < 4.78 is 0. The van der Waals surface area contributed by atoms with E-state index in [2.05, 4.69) is 30.7 Å². The quantitative estimate of drug-likeness (QED) is 0.627. The van der Waals surface area contributed by atoms with Gasteiger partial charge in [0.2, 0.25) is 0 Å². The third-order valence-electron chi connectivity index (χ3n) is 5.17. The van der Waals surface area contributed by atoms with E-state index in [-0.39, 0.29) is 6.03 Å². The molecule has 0 spiro atoms. The molecule has 2 amide bonds. The minimum absolute atomic E-state index is 0.279. The van der Waals surface area contributed by atoms with Gasteiger partial charge in [-0.15, -0.1) is 0 Å². The Morgan fingerprint density at radius 1 is 1.00 bits per heavy atom. The summed E-state index contributed by atoms with van der Waals surface area (Å²) in [6, 6.07) is 0.279. The summed E-state index contributed by atoms with van der Waals surface area (Å²) in [6.07, 6.45) is 0. The molecule has 2 unspecified atom stereocenters. The van der Waals surface area contributed by atoms with E-state index >= 15 is 0 Å². The molecular formula is C13H23N3O. The second-order valence-corrected chi connectivity index (χ2v) is 6.51. The Balaban J connectivity index is 1.55. The first-order chi connectivity index (χ1) is 8.00. The molecule has 4 nitrogen and oxygen atoms in total. The fourth-order valence-corrected chi connectivity index (χ4v) is 3.49. The summed E-state index contributed by atoms with van der Waals surface area (Å²) in [5, 5.41) is 0. The molecule has 3 fully saturated rings. The smallest absolute Gasteiger partial charge is 0.320 e. The monoisotopic (exact) mass is 237 g/mol. The van der Waals surface area contributed by atoms with Crippen molar-refractivity contribution in [1.82, 2.24) is 14.7 Å². The molecule has 1 aliphatic carbocycles. The molecule has 0 aromatic heterocycles. The minimum Gasteiger partial charge on any atom is -0.324 e. The maximum atomic E-state index is 12.3. The van der Waals surface area contributed by atoms with Gasteiger partial charge < -0.3 is 14.7 Å². The first kappa shape index (κ1) is 11.3. The normalized spacial score (nSPS) is 35.9. The largest absolute Gasteiger partial charge is 0.324 e. The molecule has 0 bridgehead atoms. The summed E-state index contributed by atoms with van der Waals surface area (Å²) in [6.45, 7) is 10.5. The number of fused-ring (bicyclic) bond motifs is 1. The van der Waals surface area contributed by atoms with Gasteiger partial charge in [-0.25, -0.2) is 4.79 Å². The molecule has 3 rings (SSSR count). The molecular weight excluding hydrogens is 214 g/mol. The van der Waals surface area contributed by atoms with Crippen LogP contribution in [0, 0.1) is 17.3 Å². The topological polar surface area (TPSA) is 26.8 Å². The highest BCUT2D eigenvalue weighted by molar-refractivity contribution is 5.75. The number of nitrogens with zero attached hydrogens (tertiary/aromatic N) is 3. The van der Waals surface area contributed by atoms with E-state index in [0.717, 1.165) is 51.1 Å². The Kier molecular flexibility index (Phi) is 2.41. The summed E-state index contributed by atoms with van der Waals surface area (Å²) in [5.41, 5.74) is 0.499. The SMILES string of the molecule is CN1CCN(C(=O)N2CC3C(C2)C3(C)C)CC1. The Morgan fingerprint density at radius 2 is 1.53 bits per heavy atom. The average Bonchev–Trinajstić information content (AvgIpc) is 2.70. The molecule has 96 valence electrons. The summed E-state index contributed by atoms with van der Waals surface area (Å²) in [5.74, 6) is 1.53. The molecule has 4 heteroatoms. The molecule has 17 heavy (non-hydrogen) atoms. The van der Waals surface area contributed by atoms with E-state index in [0.29, 0.717) is 5.41 Å². The lowest BCUT2D eigenvalue weighted by Crippen LogP contribution is -2.52. The third kappa shape index (κ3) is 1.73. The lowest BCUT2D eigenvalue weighted by molar-refractivity contribution is 0.122. The molecule has 0 aromatic carbocycles. The van der Waals surface area contributed by atoms with Crippen LogP contribution in [0.4, 0.5) is 4.79 Å². The van der Waals surface area contributed by atoms with Crippen LogP contribution < -0.4 is 0 Å². The van der Waals surface area contributed by atoms with Gasteiger partial charge in [0.1, 0.15) is 0 Å². The summed E-state index contributed by atoms with van der Waals surface area (Å²) >= 11 is 0. The molecule has 2 aliphatic heterocycles. The van der Waals surface area contributed by atoms with Gasteiger partial charge in [-0.2, -0.15) is 0 Å². The van der Waals surface area contributed by atoms with Crippen LogP contribution in [-0.2, 0) is 0 Å². The Morgan fingerprint density at radius 3 is 2.06 bits per heavy atom.